The predicted molar refractivity (Wildman–Crippen MR) is 79.4 cm³/mol. The lowest BCUT2D eigenvalue weighted by Crippen LogP contribution is -2.29. The highest BCUT2D eigenvalue weighted by Crippen LogP contribution is 2.37. The standard InChI is InChI=1S/C17H11F4NO3/c18-13-4-2-1-3-12(13)14-9-15(23)16(24)22(14)10-5-7-11(8-6-10)25-17(19,20)21/h1-8,14H,9H2. The zero-order valence-electron chi connectivity index (χ0n) is 12.6. The normalized spacial score (nSPS) is 17.9. The molecule has 2 aromatic rings. The zero-order valence-corrected chi connectivity index (χ0v) is 12.6. The van der Waals surface area contributed by atoms with E-state index in [1.54, 1.807) is 6.07 Å². The molecule has 3 rings (SSSR count). The maximum atomic E-state index is 14.0. The third-order valence-electron chi connectivity index (χ3n) is 3.76. The Morgan fingerprint density at radius 2 is 1.64 bits per heavy atom. The number of nitrogens with zero attached hydrogens (tertiary/aromatic N) is 1. The van der Waals surface area contributed by atoms with Crippen molar-refractivity contribution in [3.05, 3.63) is 59.9 Å². The monoisotopic (exact) mass is 353 g/mol. The van der Waals surface area contributed by atoms with Crippen LogP contribution in [0.1, 0.15) is 18.0 Å². The highest BCUT2D eigenvalue weighted by molar-refractivity contribution is 6.44. The van der Waals surface area contributed by atoms with Gasteiger partial charge in [-0.3, -0.25) is 14.5 Å². The van der Waals surface area contributed by atoms with E-state index in [1.807, 2.05) is 0 Å². The van der Waals surface area contributed by atoms with Gasteiger partial charge < -0.3 is 4.74 Å². The molecule has 1 saturated heterocycles. The van der Waals surface area contributed by atoms with E-state index < -0.39 is 35.7 Å². The summed E-state index contributed by atoms with van der Waals surface area (Å²) in [5.74, 6) is -2.56. The molecule has 1 unspecified atom stereocenters. The lowest BCUT2D eigenvalue weighted by atomic mass is 10.0. The van der Waals surface area contributed by atoms with Gasteiger partial charge in [-0.1, -0.05) is 18.2 Å². The van der Waals surface area contributed by atoms with Gasteiger partial charge in [-0.2, -0.15) is 0 Å². The minimum Gasteiger partial charge on any atom is -0.406 e. The van der Waals surface area contributed by atoms with Gasteiger partial charge in [0.05, 0.1) is 6.04 Å². The first kappa shape index (κ1) is 16.9. The predicted octanol–water partition coefficient (Wildman–Crippen LogP) is 3.77. The van der Waals surface area contributed by atoms with Crippen LogP contribution in [0, 0.1) is 5.82 Å². The maximum absolute atomic E-state index is 14.0. The van der Waals surface area contributed by atoms with Crippen LogP contribution >= 0.6 is 0 Å². The largest absolute Gasteiger partial charge is 0.573 e. The van der Waals surface area contributed by atoms with E-state index in [9.17, 15) is 27.2 Å². The number of ether oxygens (including phenoxy) is 1. The van der Waals surface area contributed by atoms with Crippen molar-refractivity contribution in [2.24, 2.45) is 0 Å². The van der Waals surface area contributed by atoms with Crippen LogP contribution < -0.4 is 9.64 Å². The van der Waals surface area contributed by atoms with Gasteiger partial charge in [0.25, 0.3) is 5.91 Å². The van der Waals surface area contributed by atoms with Crippen LogP contribution in [0.2, 0.25) is 0 Å². The molecular formula is C17H11F4NO3. The third-order valence-corrected chi connectivity index (χ3v) is 3.76. The van der Waals surface area contributed by atoms with Gasteiger partial charge in [-0.15, -0.1) is 13.2 Å². The Balaban J connectivity index is 1.94. The maximum Gasteiger partial charge on any atom is 0.573 e. The van der Waals surface area contributed by atoms with Gasteiger partial charge in [-0.25, -0.2) is 4.39 Å². The van der Waals surface area contributed by atoms with Crippen LogP contribution in [0.4, 0.5) is 23.2 Å². The number of benzene rings is 2. The number of halogens is 4. The summed E-state index contributed by atoms with van der Waals surface area (Å²) in [6.07, 6.45) is -5.04. The highest BCUT2D eigenvalue weighted by Gasteiger charge is 2.41. The van der Waals surface area contributed by atoms with Gasteiger partial charge in [0.2, 0.25) is 5.78 Å². The SMILES string of the molecule is O=C1CC(c2ccccc2F)N(c2ccc(OC(F)(F)F)cc2)C1=O. The van der Waals surface area contributed by atoms with Crippen molar-refractivity contribution in [1.82, 2.24) is 0 Å². The van der Waals surface area contributed by atoms with Gasteiger partial charge >= 0.3 is 6.36 Å². The van der Waals surface area contributed by atoms with Crippen molar-refractivity contribution < 1.29 is 31.9 Å². The van der Waals surface area contributed by atoms with Crippen molar-refractivity contribution in [3.63, 3.8) is 0 Å². The van der Waals surface area contributed by atoms with E-state index in [0.717, 1.165) is 17.0 Å². The van der Waals surface area contributed by atoms with Crippen molar-refractivity contribution in [2.45, 2.75) is 18.8 Å². The molecule has 0 radical (unpaired) electrons. The van der Waals surface area contributed by atoms with Crippen LogP contribution in [-0.4, -0.2) is 18.1 Å². The van der Waals surface area contributed by atoms with Crippen LogP contribution in [0.15, 0.2) is 48.5 Å². The molecule has 130 valence electrons. The number of hydrogen-bond donors (Lipinski definition) is 0. The molecule has 25 heavy (non-hydrogen) atoms. The Morgan fingerprint density at radius 3 is 2.24 bits per heavy atom. The number of amides is 1. The summed E-state index contributed by atoms with van der Waals surface area (Å²) < 4.78 is 54.4. The quantitative estimate of drug-likeness (QED) is 0.623. The molecule has 0 aromatic heterocycles. The van der Waals surface area contributed by atoms with Gasteiger partial charge in [-0.05, 0) is 30.3 Å². The Hall–Kier alpha value is -2.90. The topological polar surface area (TPSA) is 46.6 Å². The molecule has 1 aliphatic rings. The number of alkyl halides is 3. The van der Waals surface area contributed by atoms with Gasteiger partial charge in [0.15, 0.2) is 0 Å². The molecule has 0 spiro atoms. The first-order valence-corrected chi connectivity index (χ1v) is 7.23. The number of hydrogen-bond acceptors (Lipinski definition) is 3. The van der Waals surface area contributed by atoms with E-state index in [1.165, 1.54) is 30.3 Å². The highest BCUT2D eigenvalue weighted by atomic mass is 19.4. The molecule has 0 bridgehead atoms. The summed E-state index contributed by atoms with van der Waals surface area (Å²) in [4.78, 5) is 25.1. The summed E-state index contributed by atoms with van der Waals surface area (Å²) >= 11 is 0. The Morgan fingerprint density at radius 1 is 1.00 bits per heavy atom. The van der Waals surface area contributed by atoms with Crippen LogP contribution in [0.5, 0.6) is 5.75 Å². The van der Waals surface area contributed by atoms with Crippen LogP contribution in [-0.2, 0) is 9.59 Å². The number of carbonyl (C=O) groups is 2. The first-order chi connectivity index (χ1) is 11.8. The fraction of sp³-hybridized carbons (Fsp3) is 0.176. The third kappa shape index (κ3) is 3.47. The molecule has 1 amide bonds. The lowest BCUT2D eigenvalue weighted by Gasteiger charge is -2.24. The second-order valence-electron chi connectivity index (χ2n) is 5.38. The number of ketones is 1. The van der Waals surface area contributed by atoms with Crippen LogP contribution in [0.3, 0.4) is 0 Å². The van der Waals surface area contributed by atoms with Crippen molar-refractivity contribution >= 4 is 17.4 Å². The number of carbonyl (C=O) groups excluding carboxylic acids is 2. The zero-order chi connectivity index (χ0) is 18.2. The molecule has 2 aromatic carbocycles. The van der Waals surface area contributed by atoms with E-state index in [2.05, 4.69) is 4.74 Å². The van der Waals surface area contributed by atoms with Crippen molar-refractivity contribution in [1.29, 1.82) is 0 Å². The lowest BCUT2D eigenvalue weighted by molar-refractivity contribution is -0.274. The minimum absolute atomic E-state index is 0.164. The fourth-order valence-electron chi connectivity index (χ4n) is 2.73. The molecule has 0 saturated carbocycles. The van der Waals surface area contributed by atoms with Gasteiger partial charge in [0.1, 0.15) is 11.6 Å². The van der Waals surface area contributed by atoms with E-state index in [-0.39, 0.29) is 17.7 Å². The Labute approximate surface area is 139 Å². The number of anilines is 1. The first-order valence-electron chi connectivity index (χ1n) is 7.23. The summed E-state index contributed by atoms with van der Waals surface area (Å²) in [6.45, 7) is 0. The fourth-order valence-corrected chi connectivity index (χ4v) is 2.73. The van der Waals surface area contributed by atoms with Crippen LogP contribution in [0.25, 0.3) is 0 Å². The molecule has 8 heteroatoms. The number of Topliss-reactive ketones (excluding diaryl/α,β-unsaturated/α-hetero) is 1. The minimum atomic E-state index is -4.84. The molecule has 1 aliphatic heterocycles. The van der Waals surface area contributed by atoms with E-state index >= 15 is 0 Å². The summed E-state index contributed by atoms with van der Waals surface area (Å²) in [5, 5.41) is 0. The van der Waals surface area contributed by atoms with Crippen molar-refractivity contribution in [3.8, 4) is 5.75 Å². The molecule has 1 atom stereocenters. The molecule has 4 nitrogen and oxygen atoms in total. The average molecular weight is 353 g/mol. The molecule has 1 heterocycles. The Bertz CT molecular complexity index is 817. The Kier molecular flexibility index (Phi) is 4.20. The average Bonchev–Trinajstić information content (AvgIpc) is 2.83. The number of rotatable bonds is 3. The van der Waals surface area contributed by atoms with E-state index in [0.29, 0.717) is 0 Å². The van der Waals surface area contributed by atoms with Gasteiger partial charge in [0, 0.05) is 17.7 Å². The molecule has 1 fully saturated rings. The summed E-state index contributed by atoms with van der Waals surface area (Å²) in [7, 11) is 0. The smallest absolute Gasteiger partial charge is 0.406 e. The van der Waals surface area contributed by atoms with E-state index in [4.69, 9.17) is 0 Å². The summed E-state index contributed by atoms with van der Waals surface area (Å²) in [6, 6.07) is 9.34. The second-order valence-corrected chi connectivity index (χ2v) is 5.38. The molecular weight excluding hydrogens is 342 g/mol. The van der Waals surface area contributed by atoms with Crippen molar-refractivity contribution in [2.75, 3.05) is 4.90 Å². The molecule has 0 aliphatic carbocycles. The summed E-state index contributed by atoms with van der Waals surface area (Å²) in [5.41, 5.74) is 0.343. The molecule has 0 N–H and O–H groups in total. The second kappa shape index (κ2) is 6.19.